The van der Waals surface area contributed by atoms with Crippen LogP contribution >= 0.6 is 11.8 Å². The van der Waals surface area contributed by atoms with Crippen LogP contribution in [0.2, 0.25) is 0 Å². The van der Waals surface area contributed by atoms with Crippen molar-refractivity contribution < 1.29 is 47.8 Å². The lowest BCUT2D eigenvalue weighted by Gasteiger charge is -2.48. The lowest BCUT2D eigenvalue weighted by Crippen LogP contribution is -2.66. The summed E-state index contributed by atoms with van der Waals surface area (Å²) in [5, 5.41) is 9.63. The highest BCUT2D eigenvalue weighted by atomic mass is 32.2. The molecule has 1 amide bonds. The van der Waals surface area contributed by atoms with Gasteiger partial charge in [-0.3, -0.25) is 24.6 Å². The largest absolute Gasteiger partial charge is 0.509 e. The Balaban J connectivity index is 1.45. The SMILES string of the molecule is COC1=C(C(=O)OCc2ccccc2)N2C(=O)[C@H](C(C=O)OC(=O)OCc3ccc([N+](=O)[O-])cc3)[C@@H]2SC1=[N+]=[N-]. The van der Waals surface area contributed by atoms with Crippen molar-refractivity contribution >= 4 is 46.8 Å². The summed E-state index contributed by atoms with van der Waals surface area (Å²) in [5.74, 6) is -3.14. The normalized spacial score (nSPS) is 18.5. The van der Waals surface area contributed by atoms with Gasteiger partial charge in [-0.15, -0.1) is 0 Å². The number of β-lactam (4-membered cyclic amide) rings is 1. The van der Waals surface area contributed by atoms with Crippen LogP contribution < -0.4 is 0 Å². The Morgan fingerprint density at radius 3 is 2.38 bits per heavy atom. The van der Waals surface area contributed by atoms with E-state index in [1.165, 1.54) is 31.4 Å². The smallest absolute Gasteiger partial charge is 0.487 e. The Morgan fingerprint density at radius 2 is 1.77 bits per heavy atom. The molecule has 1 unspecified atom stereocenters. The van der Waals surface area contributed by atoms with Crippen LogP contribution in [0.3, 0.4) is 0 Å². The molecule has 0 N–H and O–H groups in total. The van der Waals surface area contributed by atoms with Crippen molar-refractivity contribution in [2.45, 2.75) is 24.7 Å². The van der Waals surface area contributed by atoms with Crippen LogP contribution in [0.25, 0.3) is 5.53 Å². The summed E-state index contributed by atoms with van der Waals surface area (Å²) in [6, 6.07) is 14.0. The Hall–Kier alpha value is -5.01. The van der Waals surface area contributed by atoms with Crippen molar-refractivity contribution in [1.29, 1.82) is 0 Å². The summed E-state index contributed by atoms with van der Waals surface area (Å²) >= 11 is 0.814. The second-order valence-corrected chi connectivity index (χ2v) is 9.38. The van der Waals surface area contributed by atoms with Gasteiger partial charge in [0.25, 0.3) is 5.69 Å². The highest BCUT2D eigenvalue weighted by Gasteiger charge is 2.61. The highest BCUT2D eigenvalue weighted by Crippen LogP contribution is 2.46. The Kier molecular flexibility index (Phi) is 8.57. The number of nitro groups is 1. The zero-order chi connectivity index (χ0) is 28.8. The third-order valence-corrected chi connectivity index (χ3v) is 7.13. The number of thioether (sulfide) groups is 1. The van der Waals surface area contributed by atoms with Gasteiger partial charge in [0, 0.05) is 12.1 Å². The first-order chi connectivity index (χ1) is 19.3. The molecule has 2 aromatic rings. The van der Waals surface area contributed by atoms with Crippen molar-refractivity contribution in [2.75, 3.05) is 7.11 Å². The fraction of sp³-hybridized carbons (Fsp3) is 0.240. The zero-order valence-electron chi connectivity index (χ0n) is 20.7. The first-order valence-electron chi connectivity index (χ1n) is 11.5. The van der Waals surface area contributed by atoms with E-state index in [2.05, 4.69) is 4.79 Å². The van der Waals surface area contributed by atoms with Crippen molar-refractivity contribution in [3.05, 3.63) is 92.8 Å². The second-order valence-electron chi connectivity index (χ2n) is 8.27. The summed E-state index contributed by atoms with van der Waals surface area (Å²) < 4.78 is 20.6. The van der Waals surface area contributed by atoms with E-state index < -0.39 is 40.4 Å². The third kappa shape index (κ3) is 5.70. The molecule has 40 heavy (non-hydrogen) atoms. The average Bonchev–Trinajstić information content (AvgIpc) is 2.97. The minimum atomic E-state index is -1.60. The van der Waals surface area contributed by atoms with Gasteiger partial charge in [0.05, 0.1) is 12.0 Å². The molecule has 0 aliphatic carbocycles. The van der Waals surface area contributed by atoms with Gasteiger partial charge in [-0.2, -0.15) is 4.79 Å². The molecule has 14 nitrogen and oxygen atoms in total. The molecule has 15 heteroatoms. The molecule has 0 spiro atoms. The number of nitro benzene ring substituents is 1. The van der Waals surface area contributed by atoms with E-state index in [1.807, 2.05) is 0 Å². The number of hydrogen-bond acceptors (Lipinski definition) is 11. The number of carbonyl (C=O) groups excluding carboxylic acids is 4. The molecule has 3 atom stereocenters. The first kappa shape index (κ1) is 28.0. The predicted octanol–water partition coefficient (Wildman–Crippen LogP) is 2.58. The standard InChI is InChI=1S/C25H20N4O10S/c1-36-20-19(24(32)37-12-14-5-3-2-4-6-14)28-22(31)18(23(28)40-21(20)27-26)17(11-30)39-25(33)38-13-15-7-9-16(10-8-15)29(34)35/h2-11,17-18,23H,12-13H2,1H3/t17?,18-,23-/m0/s1. The van der Waals surface area contributed by atoms with Gasteiger partial charge in [0.2, 0.25) is 11.7 Å². The number of non-ortho nitro benzene ring substituents is 1. The third-order valence-electron chi connectivity index (χ3n) is 5.89. The first-order valence-corrected chi connectivity index (χ1v) is 12.4. The van der Waals surface area contributed by atoms with Crippen molar-refractivity contribution in [2.24, 2.45) is 5.92 Å². The molecule has 1 saturated heterocycles. The van der Waals surface area contributed by atoms with E-state index in [-0.39, 0.29) is 41.7 Å². The number of amides is 1. The monoisotopic (exact) mass is 568 g/mol. The van der Waals surface area contributed by atoms with Gasteiger partial charge in [-0.25, -0.2) is 9.59 Å². The fourth-order valence-electron chi connectivity index (χ4n) is 3.95. The topological polar surface area (TPSA) is 188 Å². The van der Waals surface area contributed by atoms with Crippen molar-refractivity contribution in [1.82, 2.24) is 4.90 Å². The molecule has 2 aromatic carbocycles. The minimum absolute atomic E-state index is 0.115. The van der Waals surface area contributed by atoms with E-state index in [9.17, 15) is 34.8 Å². The number of rotatable bonds is 10. The lowest BCUT2D eigenvalue weighted by molar-refractivity contribution is -0.384. The van der Waals surface area contributed by atoms with Gasteiger partial charge in [0.15, 0.2) is 18.1 Å². The molecule has 4 rings (SSSR count). The van der Waals surface area contributed by atoms with E-state index in [0.717, 1.165) is 16.7 Å². The maximum Gasteiger partial charge on any atom is 0.509 e. The minimum Gasteiger partial charge on any atom is -0.487 e. The summed E-state index contributed by atoms with van der Waals surface area (Å²) in [6.45, 7) is -0.431. The van der Waals surface area contributed by atoms with E-state index in [1.54, 1.807) is 30.3 Å². The fourth-order valence-corrected chi connectivity index (χ4v) is 5.25. The molecule has 206 valence electrons. The van der Waals surface area contributed by atoms with Crippen molar-refractivity contribution in [3.63, 3.8) is 0 Å². The van der Waals surface area contributed by atoms with Gasteiger partial charge >= 0.3 is 17.2 Å². The second kappa shape index (κ2) is 12.2. The summed E-state index contributed by atoms with van der Waals surface area (Å²) in [5.41, 5.74) is 10.2. The van der Waals surface area contributed by atoms with Gasteiger partial charge in [-0.1, -0.05) is 30.3 Å². The van der Waals surface area contributed by atoms with E-state index in [4.69, 9.17) is 18.9 Å². The van der Waals surface area contributed by atoms with Gasteiger partial charge in [0.1, 0.15) is 24.5 Å². The molecule has 0 radical (unpaired) electrons. The molecule has 2 aliphatic heterocycles. The van der Waals surface area contributed by atoms with Crippen LogP contribution in [-0.2, 0) is 46.5 Å². The molecule has 2 aliphatic rings. The number of esters is 1. The number of hydrogen-bond donors (Lipinski definition) is 0. The lowest BCUT2D eigenvalue weighted by atomic mass is 9.91. The number of nitrogens with zero attached hydrogens (tertiary/aromatic N) is 4. The Morgan fingerprint density at radius 1 is 1.12 bits per heavy atom. The number of ether oxygens (including phenoxy) is 4. The maximum atomic E-state index is 13.2. The van der Waals surface area contributed by atoms with E-state index in [0.29, 0.717) is 11.1 Å². The molecule has 0 bridgehead atoms. The van der Waals surface area contributed by atoms with Gasteiger partial charge in [-0.05, 0) is 35.0 Å². The number of methoxy groups -OCH3 is 1. The number of aldehydes is 1. The molecular formula is C25H20N4O10S. The Labute approximate surface area is 230 Å². The Bertz CT molecular complexity index is 1420. The quantitative estimate of drug-likeness (QED) is 0.0779. The number of fused-ring (bicyclic) bond motifs is 1. The molecule has 0 saturated carbocycles. The van der Waals surface area contributed by atoms with Gasteiger partial charge < -0.3 is 24.5 Å². The van der Waals surface area contributed by atoms with Crippen LogP contribution in [0, 0.1) is 16.0 Å². The van der Waals surface area contributed by atoms with Crippen molar-refractivity contribution in [3.8, 4) is 0 Å². The van der Waals surface area contributed by atoms with Crippen LogP contribution in [0.4, 0.5) is 10.5 Å². The summed E-state index contributed by atoms with van der Waals surface area (Å²) in [7, 11) is 1.21. The molecular weight excluding hydrogens is 548 g/mol. The summed E-state index contributed by atoms with van der Waals surface area (Å²) in [6.07, 6.45) is -2.63. The summed E-state index contributed by atoms with van der Waals surface area (Å²) in [4.78, 5) is 64.6. The average molecular weight is 569 g/mol. The van der Waals surface area contributed by atoms with Crippen LogP contribution in [0.1, 0.15) is 11.1 Å². The predicted molar refractivity (Wildman–Crippen MR) is 135 cm³/mol. The molecule has 0 aromatic heterocycles. The molecule has 2 heterocycles. The zero-order valence-corrected chi connectivity index (χ0v) is 21.5. The number of benzene rings is 2. The van der Waals surface area contributed by atoms with Crippen LogP contribution in [-0.4, -0.2) is 62.6 Å². The number of carbonyl (C=O) groups is 4. The molecule has 1 fully saturated rings. The highest BCUT2D eigenvalue weighted by molar-refractivity contribution is 8.14. The maximum absolute atomic E-state index is 13.2. The van der Waals surface area contributed by atoms with Crippen LogP contribution in [0.15, 0.2) is 66.1 Å². The van der Waals surface area contributed by atoms with Crippen LogP contribution in [0.5, 0.6) is 0 Å². The van der Waals surface area contributed by atoms with E-state index >= 15 is 0 Å².